The van der Waals surface area contributed by atoms with Crippen molar-refractivity contribution in [3.8, 4) is 0 Å². The van der Waals surface area contributed by atoms with Crippen molar-refractivity contribution in [1.82, 2.24) is 0 Å². The van der Waals surface area contributed by atoms with Crippen LogP contribution in [0.15, 0.2) is 42.5 Å². The molecule has 0 aliphatic rings. The van der Waals surface area contributed by atoms with Gasteiger partial charge in [-0.25, -0.2) is 0 Å². The third-order valence-electron chi connectivity index (χ3n) is 3.64. The highest BCUT2D eigenvalue weighted by atomic mass is 16.5. The van der Waals surface area contributed by atoms with E-state index in [4.69, 9.17) is 4.74 Å². The lowest BCUT2D eigenvalue weighted by Gasteiger charge is -2.15. The van der Waals surface area contributed by atoms with E-state index >= 15 is 0 Å². The van der Waals surface area contributed by atoms with Crippen molar-refractivity contribution in [2.45, 2.75) is 38.4 Å². The van der Waals surface area contributed by atoms with Crippen LogP contribution in [0, 0.1) is 0 Å². The highest BCUT2D eigenvalue weighted by Crippen LogP contribution is 2.20. The van der Waals surface area contributed by atoms with Crippen LogP contribution in [0.25, 0.3) is 10.8 Å². The third kappa shape index (κ3) is 3.79. The highest BCUT2D eigenvalue weighted by Gasteiger charge is 2.10. The lowest BCUT2D eigenvalue weighted by molar-refractivity contribution is 0.0852. The van der Waals surface area contributed by atoms with Crippen LogP contribution in [0.1, 0.15) is 25.3 Å². The van der Waals surface area contributed by atoms with Crippen molar-refractivity contribution in [3.05, 3.63) is 48.0 Å². The van der Waals surface area contributed by atoms with Crippen LogP contribution in [0.4, 0.5) is 0 Å². The molecule has 0 heterocycles. The SMILES string of the molecule is COC(C)CCC(O)Cc1cccc2ccccc12. The van der Waals surface area contributed by atoms with Crippen LogP contribution in [-0.4, -0.2) is 24.4 Å². The van der Waals surface area contributed by atoms with Gasteiger partial charge in [-0.2, -0.15) is 0 Å². The summed E-state index contributed by atoms with van der Waals surface area (Å²) in [4.78, 5) is 0. The largest absolute Gasteiger partial charge is 0.393 e. The second-order valence-electron chi connectivity index (χ2n) is 5.12. The predicted octanol–water partition coefficient (Wildman–Crippen LogP) is 3.56. The van der Waals surface area contributed by atoms with E-state index < -0.39 is 0 Å². The third-order valence-corrected chi connectivity index (χ3v) is 3.64. The van der Waals surface area contributed by atoms with Gasteiger partial charge in [0.2, 0.25) is 0 Å². The van der Waals surface area contributed by atoms with Gasteiger partial charge in [0.1, 0.15) is 0 Å². The number of hydrogen-bond acceptors (Lipinski definition) is 2. The summed E-state index contributed by atoms with van der Waals surface area (Å²) in [6.07, 6.45) is 2.28. The standard InChI is InChI=1S/C17H22O2/c1-13(19-2)10-11-16(18)12-15-8-5-7-14-6-3-4-9-17(14)15/h3-9,13,16,18H,10-12H2,1-2H3. The first-order chi connectivity index (χ1) is 9.20. The number of methoxy groups -OCH3 is 1. The molecule has 102 valence electrons. The molecule has 2 aromatic carbocycles. The van der Waals surface area contributed by atoms with Gasteiger partial charge in [0.05, 0.1) is 12.2 Å². The molecule has 0 amide bonds. The van der Waals surface area contributed by atoms with Crippen LogP contribution in [0.5, 0.6) is 0 Å². The van der Waals surface area contributed by atoms with Gasteiger partial charge in [0.25, 0.3) is 0 Å². The monoisotopic (exact) mass is 258 g/mol. The minimum Gasteiger partial charge on any atom is -0.393 e. The maximum atomic E-state index is 10.2. The Labute approximate surface area is 115 Å². The Bertz CT molecular complexity index is 516. The van der Waals surface area contributed by atoms with Crippen LogP contribution in [0.2, 0.25) is 0 Å². The Kier molecular flexibility index (Phi) is 4.94. The number of hydrogen-bond donors (Lipinski definition) is 1. The summed E-state index contributed by atoms with van der Waals surface area (Å²) in [6, 6.07) is 14.6. The number of ether oxygens (including phenoxy) is 1. The van der Waals surface area contributed by atoms with E-state index in [9.17, 15) is 5.11 Å². The minimum atomic E-state index is -0.302. The number of aliphatic hydroxyl groups is 1. The van der Waals surface area contributed by atoms with Gasteiger partial charge < -0.3 is 9.84 Å². The fourth-order valence-electron chi connectivity index (χ4n) is 2.37. The van der Waals surface area contributed by atoms with E-state index in [1.54, 1.807) is 7.11 Å². The van der Waals surface area contributed by atoms with E-state index in [0.29, 0.717) is 6.42 Å². The normalized spacial score (nSPS) is 14.5. The molecule has 0 saturated carbocycles. The Morgan fingerprint density at radius 1 is 1.05 bits per heavy atom. The summed E-state index contributed by atoms with van der Waals surface area (Å²) in [6.45, 7) is 2.03. The molecule has 2 aromatic rings. The van der Waals surface area contributed by atoms with Gasteiger partial charge in [-0.05, 0) is 42.5 Å². The lowest BCUT2D eigenvalue weighted by atomic mass is 9.97. The Balaban J connectivity index is 2.04. The quantitative estimate of drug-likeness (QED) is 0.858. The van der Waals surface area contributed by atoms with Crippen molar-refractivity contribution in [2.75, 3.05) is 7.11 Å². The molecule has 1 N–H and O–H groups in total. The molecule has 2 atom stereocenters. The first kappa shape index (κ1) is 14.0. The summed E-state index contributed by atoms with van der Waals surface area (Å²) >= 11 is 0. The van der Waals surface area contributed by atoms with Crippen molar-refractivity contribution < 1.29 is 9.84 Å². The summed E-state index contributed by atoms with van der Waals surface area (Å²) in [7, 11) is 1.71. The molecule has 0 spiro atoms. The highest BCUT2D eigenvalue weighted by molar-refractivity contribution is 5.85. The zero-order valence-electron chi connectivity index (χ0n) is 11.7. The second-order valence-corrected chi connectivity index (χ2v) is 5.12. The summed E-state index contributed by atoms with van der Waals surface area (Å²) in [5, 5.41) is 12.6. The molecule has 0 aromatic heterocycles. The molecule has 0 bridgehead atoms. The van der Waals surface area contributed by atoms with Crippen molar-refractivity contribution in [3.63, 3.8) is 0 Å². The van der Waals surface area contributed by atoms with Gasteiger partial charge in [-0.15, -0.1) is 0 Å². The molecule has 2 rings (SSSR count). The van der Waals surface area contributed by atoms with E-state index in [1.165, 1.54) is 16.3 Å². The summed E-state index contributed by atoms with van der Waals surface area (Å²) < 4.78 is 5.21. The van der Waals surface area contributed by atoms with Gasteiger partial charge in [0, 0.05) is 7.11 Å². The maximum absolute atomic E-state index is 10.2. The molecule has 2 heteroatoms. The van der Waals surface area contributed by atoms with Gasteiger partial charge in [-0.1, -0.05) is 42.5 Å². The van der Waals surface area contributed by atoms with Gasteiger partial charge in [-0.3, -0.25) is 0 Å². The fourth-order valence-corrected chi connectivity index (χ4v) is 2.37. The second kappa shape index (κ2) is 6.69. The van der Waals surface area contributed by atoms with Gasteiger partial charge in [0.15, 0.2) is 0 Å². The first-order valence-electron chi connectivity index (χ1n) is 6.88. The number of benzene rings is 2. The maximum Gasteiger partial charge on any atom is 0.0581 e. The molecule has 0 saturated heterocycles. The zero-order chi connectivity index (χ0) is 13.7. The molecule has 0 aliphatic carbocycles. The van der Waals surface area contributed by atoms with Crippen LogP contribution in [-0.2, 0) is 11.2 Å². The van der Waals surface area contributed by atoms with E-state index in [2.05, 4.69) is 30.3 Å². The molecular weight excluding hydrogens is 236 g/mol. The topological polar surface area (TPSA) is 29.5 Å². The average Bonchev–Trinajstić information content (AvgIpc) is 2.45. The van der Waals surface area contributed by atoms with Crippen LogP contribution >= 0.6 is 0 Å². The number of aliphatic hydroxyl groups excluding tert-OH is 1. The summed E-state index contributed by atoms with van der Waals surface area (Å²) in [5.74, 6) is 0. The Morgan fingerprint density at radius 3 is 2.58 bits per heavy atom. The minimum absolute atomic E-state index is 0.210. The number of fused-ring (bicyclic) bond motifs is 1. The van der Waals surface area contributed by atoms with Crippen LogP contribution in [0.3, 0.4) is 0 Å². The van der Waals surface area contributed by atoms with Crippen molar-refractivity contribution in [2.24, 2.45) is 0 Å². The van der Waals surface area contributed by atoms with Gasteiger partial charge >= 0.3 is 0 Å². The van der Waals surface area contributed by atoms with E-state index in [1.807, 2.05) is 19.1 Å². The smallest absolute Gasteiger partial charge is 0.0581 e. The molecule has 2 nitrogen and oxygen atoms in total. The Hall–Kier alpha value is -1.38. The summed E-state index contributed by atoms with van der Waals surface area (Å²) in [5.41, 5.74) is 1.22. The Morgan fingerprint density at radius 2 is 1.79 bits per heavy atom. The van der Waals surface area contributed by atoms with E-state index in [0.717, 1.165) is 12.8 Å². The lowest BCUT2D eigenvalue weighted by Crippen LogP contribution is -2.15. The fraction of sp³-hybridized carbons (Fsp3) is 0.412. The molecule has 0 aliphatic heterocycles. The molecular formula is C17H22O2. The zero-order valence-corrected chi connectivity index (χ0v) is 11.7. The molecule has 2 unspecified atom stereocenters. The van der Waals surface area contributed by atoms with Crippen LogP contribution < -0.4 is 0 Å². The average molecular weight is 258 g/mol. The number of rotatable bonds is 6. The molecule has 19 heavy (non-hydrogen) atoms. The molecule has 0 fully saturated rings. The molecule has 0 radical (unpaired) electrons. The predicted molar refractivity (Wildman–Crippen MR) is 79.4 cm³/mol. The first-order valence-corrected chi connectivity index (χ1v) is 6.88. The van der Waals surface area contributed by atoms with E-state index in [-0.39, 0.29) is 12.2 Å². The van der Waals surface area contributed by atoms with Crippen molar-refractivity contribution >= 4 is 10.8 Å². The van der Waals surface area contributed by atoms with Crippen molar-refractivity contribution in [1.29, 1.82) is 0 Å².